The fraction of sp³-hybridized carbons (Fsp3) is 0.474. The number of ketones is 1. The quantitative estimate of drug-likeness (QED) is 0.838. The van der Waals surface area contributed by atoms with E-state index in [2.05, 4.69) is 0 Å². The maximum absolute atomic E-state index is 12.7. The van der Waals surface area contributed by atoms with Crippen LogP contribution in [0, 0.1) is 11.8 Å². The van der Waals surface area contributed by atoms with Gasteiger partial charge in [0.05, 0.1) is 11.6 Å². The van der Waals surface area contributed by atoms with Gasteiger partial charge in [-0.2, -0.15) is 0 Å². The van der Waals surface area contributed by atoms with Crippen LogP contribution in [0.4, 0.5) is 0 Å². The summed E-state index contributed by atoms with van der Waals surface area (Å²) in [6.07, 6.45) is 0.242. The Kier molecular flexibility index (Phi) is 5.32. The van der Waals surface area contributed by atoms with Gasteiger partial charge in [-0.15, -0.1) is 0 Å². The standard InChI is InChI=1S/C19H25NO4/c1-11(2)9-15(22)16-17(13-7-5-6-8-14(13)21)20(10-12(3)4)19(24)18(16)23/h5-8,11-12,17,21,23H,9-10H2,1-4H3. The third-order valence-corrected chi connectivity index (χ3v) is 3.99. The van der Waals surface area contributed by atoms with Crippen LogP contribution in [0.25, 0.3) is 0 Å². The van der Waals surface area contributed by atoms with Crippen LogP contribution in [0.1, 0.15) is 45.7 Å². The number of aromatic hydroxyl groups is 1. The molecule has 1 unspecified atom stereocenters. The Morgan fingerprint density at radius 1 is 1.12 bits per heavy atom. The van der Waals surface area contributed by atoms with E-state index in [-0.39, 0.29) is 35.4 Å². The molecule has 5 heteroatoms. The number of nitrogens with zero attached hydrogens (tertiary/aromatic N) is 1. The molecular formula is C19H25NO4. The Balaban J connectivity index is 2.54. The zero-order valence-electron chi connectivity index (χ0n) is 14.6. The molecule has 0 spiro atoms. The number of Topliss-reactive ketones (excluding diaryl/α,β-unsaturated/α-hetero) is 1. The average Bonchev–Trinajstić information content (AvgIpc) is 2.71. The molecule has 2 rings (SSSR count). The minimum Gasteiger partial charge on any atom is -0.508 e. The molecule has 130 valence electrons. The molecule has 1 amide bonds. The first kappa shape index (κ1) is 18.0. The van der Waals surface area contributed by atoms with Gasteiger partial charge >= 0.3 is 0 Å². The smallest absolute Gasteiger partial charge is 0.290 e. The van der Waals surface area contributed by atoms with Gasteiger partial charge < -0.3 is 15.1 Å². The molecule has 0 aliphatic carbocycles. The molecule has 0 bridgehead atoms. The normalized spacial score (nSPS) is 18.2. The molecular weight excluding hydrogens is 306 g/mol. The number of benzene rings is 1. The predicted molar refractivity (Wildman–Crippen MR) is 91.5 cm³/mol. The van der Waals surface area contributed by atoms with Gasteiger partial charge in [-0.3, -0.25) is 9.59 Å². The average molecular weight is 331 g/mol. The molecule has 0 aromatic heterocycles. The third-order valence-electron chi connectivity index (χ3n) is 3.99. The van der Waals surface area contributed by atoms with Crippen molar-refractivity contribution < 1.29 is 19.8 Å². The van der Waals surface area contributed by atoms with Crippen molar-refractivity contribution >= 4 is 11.7 Å². The Hall–Kier alpha value is -2.30. The Morgan fingerprint density at radius 3 is 2.29 bits per heavy atom. The predicted octanol–water partition coefficient (Wildman–Crippen LogP) is 3.36. The van der Waals surface area contributed by atoms with Gasteiger partial charge in [0.15, 0.2) is 11.5 Å². The molecule has 0 saturated heterocycles. The Bertz CT molecular complexity index is 676. The summed E-state index contributed by atoms with van der Waals surface area (Å²) in [5, 5.41) is 20.6. The van der Waals surface area contributed by atoms with E-state index in [1.54, 1.807) is 18.2 Å². The molecule has 0 fully saturated rings. The number of hydrogen-bond donors (Lipinski definition) is 2. The number of carbonyl (C=O) groups excluding carboxylic acids is 2. The van der Waals surface area contributed by atoms with Gasteiger partial charge in [0, 0.05) is 18.5 Å². The van der Waals surface area contributed by atoms with Crippen LogP contribution in [-0.4, -0.2) is 33.3 Å². The number of phenolic OH excluding ortho intramolecular Hbond substituents is 1. The summed E-state index contributed by atoms with van der Waals surface area (Å²) >= 11 is 0. The third kappa shape index (κ3) is 3.45. The van der Waals surface area contributed by atoms with E-state index in [0.717, 1.165) is 0 Å². The first-order valence-electron chi connectivity index (χ1n) is 8.29. The minimum absolute atomic E-state index is 0.00797. The summed E-state index contributed by atoms with van der Waals surface area (Å²) < 4.78 is 0. The summed E-state index contributed by atoms with van der Waals surface area (Å²) in [5.74, 6) is -1.02. The Morgan fingerprint density at radius 2 is 1.75 bits per heavy atom. The maximum atomic E-state index is 12.7. The van der Waals surface area contributed by atoms with Gasteiger partial charge in [-0.1, -0.05) is 45.9 Å². The van der Waals surface area contributed by atoms with Crippen molar-refractivity contribution in [3.05, 3.63) is 41.2 Å². The number of hydrogen-bond acceptors (Lipinski definition) is 4. The van der Waals surface area contributed by atoms with Crippen LogP contribution in [0.2, 0.25) is 0 Å². The molecule has 0 radical (unpaired) electrons. The molecule has 24 heavy (non-hydrogen) atoms. The number of aliphatic hydroxyl groups is 1. The highest BCUT2D eigenvalue weighted by Crippen LogP contribution is 2.41. The fourth-order valence-corrected chi connectivity index (χ4v) is 3.04. The largest absolute Gasteiger partial charge is 0.508 e. The van der Waals surface area contributed by atoms with Gasteiger partial charge in [-0.05, 0) is 17.9 Å². The summed E-state index contributed by atoms with van der Waals surface area (Å²) in [7, 11) is 0. The van der Waals surface area contributed by atoms with E-state index in [4.69, 9.17) is 0 Å². The fourth-order valence-electron chi connectivity index (χ4n) is 3.04. The van der Waals surface area contributed by atoms with E-state index in [9.17, 15) is 19.8 Å². The lowest BCUT2D eigenvalue weighted by Crippen LogP contribution is -2.34. The second-order valence-corrected chi connectivity index (χ2v) is 7.10. The van der Waals surface area contributed by atoms with Gasteiger partial charge in [0.2, 0.25) is 0 Å². The number of carbonyl (C=O) groups is 2. The second kappa shape index (κ2) is 7.07. The Labute approximate surface area is 142 Å². The SMILES string of the molecule is CC(C)CC(=O)C1=C(O)C(=O)N(CC(C)C)C1c1ccccc1O. The summed E-state index contributed by atoms with van der Waals surface area (Å²) in [5.41, 5.74) is 0.554. The van der Waals surface area contributed by atoms with E-state index in [1.807, 2.05) is 27.7 Å². The molecule has 5 nitrogen and oxygen atoms in total. The summed E-state index contributed by atoms with van der Waals surface area (Å²) in [4.78, 5) is 26.7. The zero-order valence-corrected chi connectivity index (χ0v) is 14.6. The highest BCUT2D eigenvalue weighted by molar-refractivity contribution is 6.09. The van der Waals surface area contributed by atoms with Crippen molar-refractivity contribution in [1.82, 2.24) is 4.90 Å². The van der Waals surface area contributed by atoms with Gasteiger partial charge in [0.25, 0.3) is 5.91 Å². The molecule has 1 aromatic rings. The zero-order chi connectivity index (χ0) is 18.0. The maximum Gasteiger partial charge on any atom is 0.290 e. The van der Waals surface area contributed by atoms with Crippen molar-refractivity contribution in [3.8, 4) is 5.75 Å². The van der Waals surface area contributed by atoms with Gasteiger partial charge in [0.1, 0.15) is 5.75 Å². The van der Waals surface area contributed by atoms with Crippen molar-refractivity contribution in [3.63, 3.8) is 0 Å². The summed E-state index contributed by atoms with van der Waals surface area (Å²) in [6.45, 7) is 8.13. The molecule has 0 saturated carbocycles. The molecule has 1 aromatic carbocycles. The van der Waals surface area contributed by atoms with E-state index in [1.165, 1.54) is 11.0 Å². The number of amides is 1. The first-order valence-corrected chi connectivity index (χ1v) is 8.29. The van der Waals surface area contributed by atoms with Crippen molar-refractivity contribution in [2.45, 2.75) is 40.2 Å². The van der Waals surface area contributed by atoms with Crippen LogP contribution in [-0.2, 0) is 9.59 Å². The molecule has 1 atom stereocenters. The van der Waals surface area contributed by atoms with Crippen molar-refractivity contribution in [2.24, 2.45) is 11.8 Å². The molecule has 1 aliphatic heterocycles. The van der Waals surface area contributed by atoms with E-state index in [0.29, 0.717) is 12.1 Å². The minimum atomic E-state index is -0.743. The lowest BCUT2D eigenvalue weighted by Gasteiger charge is -2.28. The number of phenols is 1. The van der Waals surface area contributed by atoms with Crippen molar-refractivity contribution in [1.29, 1.82) is 0 Å². The number of para-hydroxylation sites is 1. The van der Waals surface area contributed by atoms with Crippen molar-refractivity contribution in [2.75, 3.05) is 6.54 Å². The molecule has 1 aliphatic rings. The second-order valence-electron chi connectivity index (χ2n) is 7.10. The van der Waals surface area contributed by atoms with Gasteiger partial charge in [-0.25, -0.2) is 0 Å². The van der Waals surface area contributed by atoms with Crippen LogP contribution < -0.4 is 0 Å². The molecule has 1 heterocycles. The van der Waals surface area contributed by atoms with E-state index < -0.39 is 17.7 Å². The highest BCUT2D eigenvalue weighted by Gasteiger charge is 2.44. The van der Waals surface area contributed by atoms with Crippen LogP contribution >= 0.6 is 0 Å². The number of aliphatic hydroxyl groups excluding tert-OH is 1. The summed E-state index contributed by atoms with van der Waals surface area (Å²) in [6, 6.07) is 5.89. The highest BCUT2D eigenvalue weighted by atomic mass is 16.3. The topological polar surface area (TPSA) is 77.8 Å². The lowest BCUT2D eigenvalue weighted by molar-refractivity contribution is -0.129. The van der Waals surface area contributed by atoms with Crippen LogP contribution in [0.5, 0.6) is 5.75 Å². The van der Waals surface area contributed by atoms with Crippen LogP contribution in [0.15, 0.2) is 35.6 Å². The van der Waals surface area contributed by atoms with Crippen LogP contribution in [0.3, 0.4) is 0 Å². The monoisotopic (exact) mass is 331 g/mol. The number of rotatable bonds is 6. The first-order chi connectivity index (χ1) is 11.2. The lowest BCUT2D eigenvalue weighted by atomic mass is 9.91. The molecule has 2 N–H and O–H groups in total. The van der Waals surface area contributed by atoms with E-state index >= 15 is 0 Å².